The van der Waals surface area contributed by atoms with Crippen molar-refractivity contribution in [3.63, 3.8) is 0 Å². The Morgan fingerprint density at radius 1 is 1.26 bits per heavy atom. The van der Waals surface area contributed by atoms with Gasteiger partial charge in [0.1, 0.15) is 5.60 Å². The zero-order chi connectivity index (χ0) is 17.8. The van der Waals surface area contributed by atoms with Crippen LogP contribution >= 0.6 is 27.5 Å². The van der Waals surface area contributed by atoms with Crippen LogP contribution < -0.4 is 5.32 Å². The van der Waals surface area contributed by atoms with Crippen LogP contribution in [-0.4, -0.2) is 35.2 Å². The summed E-state index contributed by atoms with van der Waals surface area (Å²) in [5, 5.41) is 3.98. The first-order valence-electron chi connectivity index (χ1n) is 7.60. The minimum atomic E-state index is -0.507. The number of benzene rings is 1. The van der Waals surface area contributed by atoms with E-state index >= 15 is 0 Å². The second-order valence-corrected chi connectivity index (χ2v) is 8.64. The van der Waals surface area contributed by atoms with Gasteiger partial charge in [-0.25, -0.2) is 4.79 Å². The highest BCUT2D eigenvalue weighted by molar-refractivity contribution is 9.10. The van der Waals surface area contributed by atoms with Crippen LogP contribution in [0.5, 0.6) is 0 Å². The van der Waals surface area contributed by atoms with Gasteiger partial charge in [-0.2, -0.15) is 0 Å². The molecule has 0 aliphatic heterocycles. The molecule has 0 aliphatic rings. The molecular formula is C17H26BrClN2O2. The van der Waals surface area contributed by atoms with E-state index in [-0.39, 0.29) is 11.6 Å². The third-order valence-corrected chi connectivity index (χ3v) is 3.90. The highest BCUT2D eigenvalue weighted by atomic mass is 79.9. The van der Waals surface area contributed by atoms with Gasteiger partial charge in [0.25, 0.3) is 0 Å². The van der Waals surface area contributed by atoms with Crippen molar-refractivity contribution in [1.29, 1.82) is 0 Å². The number of anilines is 1. The number of ether oxygens (including phenoxy) is 1. The Bertz CT molecular complexity index is 551. The number of carbonyl (C=O) groups excluding carboxylic acids is 1. The Kier molecular flexibility index (Phi) is 6.78. The van der Waals surface area contributed by atoms with Gasteiger partial charge in [-0.3, -0.25) is 0 Å². The molecule has 6 heteroatoms. The van der Waals surface area contributed by atoms with Crippen molar-refractivity contribution in [2.45, 2.75) is 52.7 Å². The molecule has 0 radical (unpaired) electrons. The summed E-state index contributed by atoms with van der Waals surface area (Å²) in [6, 6.07) is 5.56. The first-order valence-corrected chi connectivity index (χ1v) is 8.77. The molecule has 1 N–H and O–H groups in total. The van der Waals surface area contributed by atoms with E-state index in [1.54, 1.807) is 4.90 Å². The maximum absolute atomic E-state index is 12.4. The molecule has 1 aromatic rings. The van der Waals surface area contributed by atoms with Gasteiger partial charge >= 0.3 is 6.09 Å². The predicted octanol–water partition coefficient (Wildman–Crippen LogP) is 5.55. The Balaban J connectivity index is 2.70. The molecule has 1 rings (SSSR count). The van der Waals surface area contributed by atoms with Gasteiger partial charge in [0.05, 0.1) is 0 Å². The second kappa shape index (κ2) is 7.75. The van der Waals surface area contributed by atoms with Crippen LogP contribution in [0.15, 0.2) is 22.7 Å². The number of rotatable bonds is 4. The average molecular weight is 406 g/mol. The second-order valence-electron chi connectivity index (χ2n) is 7.35. The molecule has 4 nitrogen and oxygen atoms in total. The Labute approximate surface area is 152 Å². The van der Waals surface area contributed by atoms with E-state index in [2.05, 4.69) is 21.2 Å². The molecule has 0 heterocycles. The van der Waals surface area contributed by atoms with Gasteiger partial charge in [-0.15, -0.1) is 0 Å². The monoisotopic (exact) mass is 404 g/mol. The minimum absolute atomic E-state index is 0.304. The van der Waals surface area contributed by atoms with Crippen molar-refractivity contribution >= 4 is 39.3 Å². The normalized spacial score (nSPS) is 12.0. The molecule has 0 atom stereocenters. The summed E-state index contributed by atoms with van der Waals surface area (Å²) in [4.78, 5) is 14.1. The molecule has 0 aromatic heterocycles. The van der Waals surface area contributed by atoms with E-state index in [9.17, 15) is 4.79 Å². The van der Waals surface area contributed by atoms with Gasteiger partial charge in [-0.05, 0) is 75.7 Å². The van der Waals surface area contributed by atoms with Crippen LogP contribution in [0.3, 0.4) is 0 Å². The number of carbonyl (C=O) groups is 1. The smallest absolute Gasteiger partial charge is 0.410 e. The third-order valence-electron chi connectivity index (χ3n) is 3.01. The van der Waals surface area contributed by atoms with Crippen LogP contribution in [0.25, 0.3) is 0 Å². The summed E-state index contributed by atoms with van der Waals surface area (Å²) >= 11 is 9.41. The molecule has 23 heavy (non-hydrogen) atoms. The Morgan fingerprint density at radius 3 is 2.35 bits per heavy atom. The SMILES string of the molecule is CC(C)(C)OC(=O)N(CCNc1ccc(Cl)cc1Br)C(C)(C)C. The molecule has 0 saturated carbocycles. The molecule has 0 spiro atoms. The summed E-state index contributed by atoms with van der Waals surface area (Å²) in [5.41, 5.74) is 0.113. The number of amides is 1. The van der Waals surface area contributed by atoms with Crippen molar-refractivity contribution in [2.24, 2.45) is 0 Å². The van der Waals surface area contributed by atoms with E-state index in [0.717, 1.165) is 10.2 Å². The van der Waals surface area contributed by atoms with E-state index in [4.69, 9.17) is 16.3 Å². The van der Waals surface area contributed by atoms with E-state index in [1.165, 1.54) is 0 Å². The van der Waals surface area contributed by atoms with E-state index in [1.807, 2.05) is 59.7 Å². The summed E-state index contributed by atoms with van der Waals surface area (Å²) in [6.45, 7) is 12.7. The van der Waals surface area contributed by atoms with Crippen LogP contribution in [0.2, 0.25) is 5.02 Å². The van der Waals surface area contributed by atoms with Crippen LogP contribution in [-0.2, 0) is 4.74 Å². The zero-order valence-electron chi connectivity index (χ0n) is 14.7. The van der Waals surface area contributed by atoms with Crippen LogP contribution in [0.1, 0.15) is 41.5 Å². The number of hydrogen-bond acceptors (Lipinski definition) is 3. The lowest BCUT2D eigenvalue weighted by Gasteiger charge is -2.37. The minimum Gasteiger partial charge on any atom is -0.444 e. The quantitative estimate of drug-likeness (QED) is 0.714. The first-order chi connectivity index (χ1) is 10.4. The topological polar surface area (TPSA) is 41.6 Å². The van der Waals surface area contributed by atoms with Gasteiger partial charge in [0, 0.05) is 33.8 Å². The summed E-state index contributed by atoms with van der Waals surface area (Å²) in [5.74, 6) is 0. The number of halogens is 2. The van der Waals surface area contributed by atoms with Gasteiger partial charge in [-0.1, -0.05) is 11.6 Å². The molecule has 0 unspecified atom stereocenters. The maximum Gasteiger partial charge on any atom is 0.410 e. The lowest BCUT2D eigenvalue weighted by molar-refractivity contribution is 0.00749. The maximum atomic E-state index is 12.4. The zero-order valence-corrected chi connectivity index (χ0v) is 17.0. The highest BCUT2D eigenvalue weighted by Gasteiger charge is 2.30. The van der Waals surface area contributed by atoms with Crippen LogP contribution in [0, 0.1) is 0 Å². The summed E-state index contributed by atoms with van der Waals surface area (Å²) in [7, 11) is 0. The van der Waals surface area contributed by atoms with Gasteiger partial charge in [0.15, 0.2) is 0 Å². The average Bonchev–Trinajstić information content (AvgIpc) is 2.32. The summed E-state index contributed by atoms with van der Waals surface area (Å²) < 4.78 is 6.39. The Morgan fingerprint density at radius 2 is 1.87 bits per heavy atom. The predicted molar refractivity (Wildman–Crippen MR) is 100 cm³/mol. The standard InChI is InChI=1S/C17H26BrClN2O2/c1-16(2,3)21(15(22)23-17(4,5)6)10-9-20-14-8-7-12(19)11-13(14)18/h7-8,11,20H,9-10H2,1-6H3. The molecule has 0 bridgehead atoms. The lowest BCUT2D eigenvalue weighted by atomic mass is 10.1. The third kappa shape index (κ3) is 7.00. The molecule has 0 saturated heterocycles. The molecular weight excluding hydrogens is 380 g/mol. The van der Waals surface area contributed by atoms with Crippen molar-refractivity contribution in [2.75, 3.05) is 18.4 Å². The van der Waals surface area contributed by atoms with Gasteiger partial charge < -0.3 is 15.0 Å². The fourth-order valence-corrected chi connectivity index (χ4v) is 2.78. The van der Waals surface area contributed by atoms with Crippen molar-refractivity contribution < 1.29 is 9.53 Å². The molecule has 130 valence electrons. The molecule has 0 aliphatic carbocycles. The molecule has 1 aromatic carbocycles. The van der Waals surface area contributed by atoms with Crippen molar-refractivity contribution in [1.82, 2.24) is 4.90 Å². The van der Waals surface area contributed by atoms with Crippen molar-refractivity contribution in [3.8, 4) is 0 Å². The number of hydrogen-bond donors (Lipinski definition) is 1. The fraction of sp³-hybridized carbons (Fsp3) is 0.588. The number of nitrogens with zero attached hydrogens (tertiary/aromatic N) is 1. The molecule has 1 amide bonds. The Hall–Kier alpha value is -0.940. The van der Waals surface area contributed by atoms with E-state index in [0.29, 0.717) is 18.1 Å². The fourth-order valence-electron chi connectivity index (χ4n) is 1.95. The van der Waals surface area contributed by atoms with E-state index < -0.39 is 5.60 Å². The lowest BCUT2D eigenvalue weighted by Crippen LogP contribution is -2.49. The largest absolute Gasteiger partial charge is 0.444 e. The van der Waals surface area contributed by atoms with Crippen molar-refractivity contribution in [3.05, 3.63) is 27.7 Å². The first kappa shape index (κ1) is 20.1. The molecule has 0 fully saturated rings. The highest BCUT2D eigenvalue weighted by Crippen LogP contribution is 2.26. The van der Waals surface area contributed by atoms with Crippen LogP contribution in [0.4, 0.5) is 10.5 Å². The number of nitrogens with one attached hydrogen (secondary N) is 1. The summed E-state index contributed by atoms with van der Waals surface area (Å²) in [6.07, 6.45) is -0.304. The van der Waals surface area contributed by atoms with Gasteiger partial charge in [0.2, 0.25) is 0 Å².